The summed E-state index contributed by atoms with van der Waals surface area (Å²) in [4.78, 5) is 26.9. The van der Waals surface area contributed by atoms with E-state index in [9.17, 15) is 22.4 Å². The molecular formula is C30H29FN2O5S. The maximum Gasteiger partial charge on any atom is 0.303 e. The number of carbonyl (C=O) groups excluding carboxylic acids is 2. The van der Waals surface area contributed by atoms with Gasteiger partial charge in [0.1, 0.15) is 11.9 Å². The Bertz CT molecular complexity index is 1480. The molecule has 0 saturated carbocycles. The SMILES string of the molecule is CC(=O)OC(CC[C@@H]1C(=O)N(c2ccc(C#CCNS(C)(=O)=O)cc2)C1c1ccccc1)c1ccc(F)cc1. The van der Waals surface area contributed by atoms with Crippen LogP contribution in [0.4, 0.5) is 10.1 Å². The molecule has 3 aromatic carbocycles. The maximum absolute atomic E-state index is 13.4. The first-order valence-corrected chi connectivity index (χ1v) is 14.4. The van der Waals surface area contributed by atoms with Gasteiger partial charge in [-0.2, -0.15) is 0 Å². The topological polar surface area (TPSA) is 92.8 Å². The molecule has 1 amide bonds. The summed E-state index contributed by atoms with van der Waals surface area (Å²) in [6.07, 6.45) is 1.37. The van der Waals surface area contributed by atoms with Crippen LogP contribution in [-0.4, -0.2) is 33.1 Å². The smallest absolute Gasteiger partial charge is 0.303 e. The van der Waals surface area contributed by atoms with Gasteiger partial charge in [-0.25, -0.2) is 17.5 Å². The van der Waals surface area contributed by atoms with Crippen molar-refractivity contribution >= 4 is 27.6 Å². The number of nitrogens with zero attached hydrogens (tertiary/aromatic N) is 1. The third-order valence-electron chi connectivity index (χ3n) is 6.45. The molecule has 3 atom stereocenters. The second-order valence-corrected chi connectivity index (χ2v) is 11.2. The number of carbonyl (C=O) groups is 2. The lowest BCUT2D eigenvalue weighted by Crippen LogP contribution is -2.55. The normalized spacial score (nSPS) is 17.5. The predicted molar refractivity (Wildman–Crippen MR) is 146 cm³/mol. The van der Waals surface area contributed by atoms with E-state index >= 15 is 0 Å². The van der Waals surface area contributed by atoms with E-state index in [-0.39, 0.29) is 30.2 Å². The van der Waals surface area contributed by atoms with Crippen molar-refractivity contribution in [1.82, 2.24) is 4.72 Å². The molecule has 0 aliphatic carbocycles. The lowest BCUT2D eigenvalue weighted by atomic mass is 9.78. The van der Waals surface area contributed by atoms with Gasteiger partial charge in [0.05, 0.1) is 24.8 Å². The number of rotatable bonds is 9. The minimum atomic E-state index is -3.31. The van der Waals surface area contributed by atoms with Crippen LogP contribution in [0.25, 0.3) is 0 Å². The molecule has 0 aromatic heterocycles. The zero-order chi connectivity index (χ0) is 28.0. The minimum Gasteiger partial charge on any atom is -0.458 e. The number of anilines is 1. The van der Waals surface area contributed by atoms with E-state index in [1.807, 2.05) is 42.5 Å². The van der Waals surface area contributed by atoms with Crippen molar-refractivity contribution in [2.24, 2.45) is 5.92 Å². The number of hydrogen-bond acceptors (Lipinski definition) is 5. The molecule has 1 heterocycles. The molecule has 1 N–H and O–H groups in total. The number of halogens is 1. The highest BCUT2D eigenvalue weighted by Crippen LogP contribution is 2.46. The van der Waals surface area contributed by atoms with E-state index in [0.717, 1.165) is 17.5 Å². The monoisotopic (exact) mass is 548 g/mol. The molecule has 1 aliphatic heterocycles. The van der Waals surface area contributed by atoms with Crippen LogP contribution in [0.15, 0.2) is 78.9 Å². The fourth-order valence-corrected chi connectivity index (χ4v) is 5.00. The van der Waals surface area contributed by atoms with Crippen molar-refractivity contribution in [3.8, 4) is 11.8 Å². The average Bonchev–Trinajstić information content (AvgIpc) is 2.90. The Balaban J connectivity index is 1.51. The predicted octanol–water partition coefficient (Wildman–Crippen LogP) is 4.52. The third-order valence-corrected chi connectivity index (χ3v) is 7.11. The van der Waals surface area contributed by atoms with E-state index in [1.165, 1.54) is 19.1 Å². The van der Waals surface area contributed by atoms with Gasteiger partial charge in [0, 0.05) is 18.2 Å². The molecule has 1 saturated heterocycles. The van der Waals surface area contributed by atoms with Gasteiger partial charge in [0.25, 0.3) is 0 Å². The molecule has 7 nitrogen and oxygen atoms in total. The number of ether oxygens (including phenoxy) is 1. The highest BCUT2D eigenvalue weighted by atomic mass is 32.2. The summed E-state index contributed by atoms with van der Waals surface area (Å²) in [7, 11) is -3.31. The van der Waals surface area contributed by atoms with Crippen LogP contribution in [-0.2, 0) is 24.3 Å². The Morgan fingerprint density at radius 3 is 2.33 bits per heavy atom. The lowest BCUT2D eigenvalue weighted by Gasteiger charge is -2.48. The van der Waals surface area contributed by atoms with Crippen molar-refractivity contribution in [2.45, 2.75) is 31.9 Å². The van der Waals surface area contributed by atoms with Crippen molar-refractivity contribution < 1.29 is 27.1 Å². The van der Waals surface area contributed by atoms with Gasteiger partial charge in [-0.1, -0.05) is 54.3 Å². The van der Waals surface area contributed by atoms with Crippen LogP contribution < -0.4 is 9.62 Å². The summed E-state index contributed by atoms with van der Waals surface area (Å²) in [5.74, 6) is 4.48. The highest BCUT2D eigenvalue weighted by Gasteiger charge is 2.48. The van der Waals surface area contributed by atoms with E-state index in [4.69, 9.17) is 4.74 Å². The molecule has 1 aliphatic rings. The lowest BCUT2D eigenvalue weighted by molar-refractivity contribution is -0.147. The zero-order valence-electron chi connectivity index (χ0n) is 21.6. The first-order valence-electron chi connectivity index (χ1n) is 12.5. The van der Waals surface area contributed by atoms with Gasteiger partial charge in [0.15, 0.2) is 0 Å². The first kappa shape index (κ1) is 28.0. The van der Waals surface area contributed by atoms with Crippen LogP contribution in [0.3, 0.4) is 0 Å². The van der Waals surface area contributed by atoms with Crippen LogP contribution in [0, 0.1) is 23.6 Å². The summed E-state index contributed by atoms with van der Waals surface area (Å²) in [6, 6.07) is 22.6. The van der Waals surface area contributed by atoms with Gasteiger partial charge in [-0.15, -0.1) is 0 Å². The Hall–Kier alpha value is -4.00. The van der Waals surface area contributed by atoms with E-state index in [1.54, 1.807) is 29.2 Å². The van der Waals surface area contributed by atoms with Gasteiger partial charge in [-0.05, 0) is 60.4 Å². The number of sulfonamides is 1. The molecule has 1 fully saturated rings. The first-order chi connectivity index (χ1) is 18.6. The van der Waals surface area contributed by atoms with Gasteiger partial charge in [-0.3, -0.25) is 9.59 Å². The Morgan fingerprint density at radius 1 is 1.05 bits per heavy atom. The van der Waals surface area contributed by atoms with Crippen LogP contribution in [0.1, 0.15) is 48.6 Å². The van der Waals surface area contributed by atoms with Crippen molar-refractivity contribution in [3.05, 3.63) is 101 Å². The summed E-state index contributed by atoms with van der Waals surface area (Å²) in [5.41, 5.74) is 3.08. The fourth-order valence-electron chi connectivity index (χ4n) is 4.67. The molecule has 0 bridgehead atoms. The minimum absolute atomic E-state index is 0.00914. The van der Waals surface area contributed by atoms with Crippen LogP contribution in [0.2, 0.25) is 0 Å². The van der Waals surface area contributed by atoms with Crippen molar-refractivity contribution in [2.75, 3.05) is 17.7 Å². The highest BCUT2D eigenvalue weighted by molar-refractivity contribution is 7.88. The van der Waals surface area contributed by atoms with Crippen molar-refractivity contribution in [3.63, 3.8) is 0 Å². The quantitative estimate of drug-likeness (QED) is 0.241. The summed E-state index contributed by atoms with van der Waals surface area (Å²) < 4.78 is 43.6. The standard InChI is InChI=1S/C30H29FN2O5S/c1-21(34)38-28(23-12-14-25(31)15-13-23)19-18-27-29(24-8-4-3-5-9-24)33(30(27)35)26-16-10-22(11-17-26)7-6-20-32-39(2,36)37/h3-5,8-17,27-29,32H,18-20H2,1-2H3/t27-,28?,29?/m0/s1. The van der Waals surface area contributed by atoms with Gasteiger partial charge >= 0.3 is 5.97 Å². The summed E-state index contributed by atoms with van der Waals surface area (Å²) in [5, 5.41) is 0. The zero-order valence-corrected chi connectivity index (χ0v) is 22.5. The van der Waals surface area contributed by atoms with Crippen LogP contribution >= 0.6 is 0 Å². The Kier molecular flexibility index (Phi) is 8.79. The molecule has 3 aromatic rings. The molecule has 0 spiro atoms. The van der Waals surface area contributed by atoms with Gasteiger partial charge in [0.2, 0.25) is 15.9 Å². The molecule has 4 rings (SSSR count). The molecule has 9 heteroatoms. The third kappa shape index (κ3) is 7.31. The van der Waals surface area contributed by atoms with E-state index in [0.29, 0.717) is 24.0 Å². The van der Waals surface area contributed by atoms with Gasteiger partial charge < -0.3 is 9.64 Å². The summed E-state index contributed by atoms with van der Waals surface area (Å²) >= 11 is 0. The average molecular weight is 549 g/mol. The number of benzene rings is 3. The number of β-lactam (4-membered cyclic amide) rings is 1. The second-order valence-electron chi connectivity index (χ2n) is 9.34. The van der Waals surface area contributed by atoms with E-state index in [2.05, 4.69) is 16.6 Å². The number of nitrogens with one attached hydrogen (secondary N) is 1. The second kappa shape index (κ2) is 12.2. The van der Waals surface area contributed by atoms with E-state index < -0.39 is 22.1 Å². The van der Waals surface area contributed by atoms with Crippen LogP contribution in [0.5, 0.6) is 0 Å². The summed E-state index contributed by atoms with van der Waals surface area (Å²) in [6.45, 7) is 1.34. The molecule has 0 radical (unpaired) electrons. The molecular weight excluding hydrogens is 519 g/mol. The Labute approximate surface area is 228 Å². The fraction of sp³-hybridized carbons (Fsp3) is 0.267. The molecule has 2 unspecified atom stereocenters. The largest absolute Gasteiger partial charge is 0.458 e. The number of hydrogen-bond donors (Lipinski definition) is 1. The Morgan fingerprint density at radius 2 is 1.72 bits per heavy atom. The van der Waals surface area contributed by atoms with Crippen molar-refractivity contribution in [1.29, 1.82) is 0 Å². The molecule has 39 heavy (non-hydrogen) atoms. The molecule has 202 valence electrons. The number of esters is 1. The number of amides is 1. The maximum atomic E-state index is 13.4.